The number of benzene rings is 2. The van der Waals surface area contributed by atoms with Crippen LogP contribution in [-0.4, -0.2) is 12.2 Å². The monoisotopic (exact) mass is 360 g/mol. The molecule has 112 valence electrons. The molecule has 0 saturated heterocycles. The largest absolute Gasteiger partial charge is 0.496 e. The third-order valence-electron chi connectivity index (χ3n) is 3.17. The predicted molar refractivity (Wildman–Crippen MR) is 75.8 cm³/mol. The highest BCUT2D eigenvalue weighted by Crippen LogP contribution is 2.35. The van der Waals surface area contributed by atoms with Crippen molar-refractivity contribution in [2.75, 3.05) is 7.11 Å². The van der Waals surface area contributed by atoms with Gasteiger partial charge in [-0.1, -0.05) is 22.0 Å². The maximum atomic E-state index is 13.8. The molecule has 0 aliphatic carbocycles. The van der Waals surface area contributed by atoms with Crippen LogP contribution in [0.3, 0.4) is 0 Å². The lowest BCUT2D eigenvalue weighted by Crippen LogP contribution is -2.07. The molecule has 1 N–H and O–H groups in total. The first-order chi connectivity index (χ1) is 9.86. The lowest BCUT2D eigenvalue weighted by Gasteiger charge is -2.17. The molecule has 21 heavy (non-hydrogen) atoms. The fraction of sp³-hybridized carbons (Fsp3) is 0.200. The van der Waals surface area contributed by atoms with Crippen molar-refractivity contribution in [2.24, 2.45) is 0 Å². The number of aliphatic hydroxyl groups excluding tert-OH is 1. The van der Waals surface area contributed by atoms with E-state index in [4.69, 9.17) is 4.74 Å². The van der Waals surface area contributed by atoms with E-state index in [2.05, 4.69) is 15.9 Å². The summed E-state index contributed by atoms with van der Waals surface area (Å²) in [5.74, 6) is -4.01. The molecular weight excluding hydrogens is 349 g/mol. The fourth-order valence-corrected chi connectivity index (χ4v) is 2.34. The summed E-state index contributed by atoms with van der Waals surface area (Å²) in [6.07, 6.45) is -1.48. The zero-order valence-electron chi connectivity index (χ0n) is 11.3. The van der Waals surface area contributed by atoms with Gasteiger partial charge in [-0.05, 0) is 30.7 Å². The van der Waals surface area contributed by atoms with Crippen LogP contribution in [-0.2, 0) is 0 Å². The molecule has 2 aromatic rings. The minimum absolute atomic E-state index is 0.250. The summed E-state index contributed by atoms with van der Waals surface area (Å²) in [5.41, 5.74) is 0.747. The molecular formula is C15H12BrF3O2. The Morgan fingerprint density at radius 2 is 1.76 bits per heavy atom. The van der Waals surface area contributed by atoms with Crippen LogP contribution >= 0.6 is 15.9 Å². The summed E-state index contributed by atoms with van der Waals surface area (Å²) in [5, 5.41) is 10.3. The van der Waals surface area contributed by atoms with Gasteiger partial charge in [0.2, 0.25) is 0 Å². The minimum atomic E-state index is -1.61. The van der Waals surface area contributed by atoms with Crippen molar-refractivity contribution >= 4 is 15.9 Å². The molecule has 0 radical (unpaired) electrons. The van der Waals surface area contributed by atoms with E-state index in [1.807, 2.05) is 6.92 Å². The Kier molecular flexibility index (Phi) is 4.58. The topological polar surface area (TPSA) is 29.5 Å². The fourth-order valence-electron chi connectivity index (χ4n) is 1.98. The first-order valence-electron chi connectivity index (χ1n) is 6.02. The molecule has 0 aliphatic heterocycles. The van der Waals surface area contributed by atoms with Crippen molar-refractivity contribution in [1.29, 1.82) is 0 Å². The Morgan fingerprint density at radius 1 is 1.10 bits per heavy atom. The third kappa shape index (κ3) is 2.91. The van der Waals surface area contributed by atoms with Gasteiger partial charge in [-0.25, -0.2) is 13.2 Å². The average Bonchev–Trinajstić information content (AvgIpc) is 2.46. The van der Waals surface area contributed by atoms with Gasteiger partial charge in [-0.15, -0.1) is 0 Å². The summed E-state index contributed by atoms with van der Waals surface area (Å²) in [7, 11) is 1.40. The van der Waals surface area contributed by atoms with Crippen LogP contribution in [0.2, 0.25) is 0 Å². The molecule has 0 bridgehead atoms. The maximum Gasteiger partial charge on any atom is 0.194 e. The number of ether oxygens (including phenoxy) is 1. The number of hydrogen-bond donors (Lipinski definition) is 1. The van der Waals surface area contributed by atoms with Crippen LogP contribution < -0.4 is 4.74 Å². The quantitative estimate of drug-likeness (QED) is 0.828. The van der Waals surface area contributed by atoms with E-state index in [9.17, 15) is 18.3 Å². The molecule has 0 saturated carbocycles. The lowest BCUT2D eigenvalue weighted by atomic mass is 9.98. The van der Waals surface area contributed by atoms with Crippen LogP contribution in [0.15, 0.2) is 28.7 Å². The summed E-state index contributed by atoms with van der Waals surface area (Å²) in [6.45, 7) is 1.82. The van der Waals surface area contributed by atoms with Gasteiger partial charge in [0.1, 0.15) is 11.9 Å². The van der Waals surface area contributed by atoms with Crippen molar-refractivity contribution in [3.05, 3.63) is 62.9 Å². The number of aryl methyl sites for hydroxylation is 1. The zero-order valence-corrected chi connectivity index (χ0v) is 12.8. The van der Waals surface area contributed by atoms with Crippen molar-refractivity contribution in [3.63, 3.8) is 0 Å². The highest BCUT2D eigenvalue weighted by molar-refractivity contribution is 9.10. The van der Waals surface area contributed by atoms with Crippen LogP contribution in [0, 0.1) is 24.4 Å². The first kappa shape index (κ1) is 15.9. The molecule has 0 aliphatic rings. The molecule has 0 spiro atoms. The van der Waals surface area contributed by atoms with E-state index < -0.39 is 23.6 Å². The third-order valence-corrected chi connectivity index (χ3v) is 4.02. The van der Waals surface area contributed by atoms with E-state index >= 15 is 0 Å². The Morgan fingerprint density at radius 3 is 2.38 bits per heavy atom. The van der Waals surface area contributed by atoms with Crippen LogP contribution in [0.1, 0.15) is 22.8 Å². The summed E-state index contributed by atoms with van der Waals surface area (Å²) in [4.78, 5) is 0. The summed E-state index contributed by atoms with van der Waals surface area (Å²) < 4.78 is 45.9. The number of hydrogen-bond acceptors (Lipinski definition) is 2. The zero-order chi connectivity index (χ0) is 15.7. The van der Waals surface area contributed by atoms with Gasteiger partial charge < -0.3 is 9.84 Å². The van der Waals surface area contributed by atoms with E-state index in [1.165, 1.54) is 7.11 Å². The number of rotatable bonds is 3. The highest BCUT2D eigenvalue weighted by atomic mass is 79.9. The molecule has 2 rings (SSSR count). The molecule has 0 aromatic heterocycles. The van der Waals surface area contributed by atoms with Gasteiger partial charge >= 0.3 is 0 Å². The molecule has 2 nitrogen and oxygen atoms in total. The number of methoxy groups -OCH3 is 1. The molecule has 2 aromatic carbocycles. The van der Waals surface area contributed by atoms with Crippen molar-refractivity contribution in [3.8, 4) is 5.75 Å². The smallest absolute Gasteiger partial charge is 0.194 e. The second kappa shape index (κ2) is 6.07. The van der Waals surface area contributed by atoms with Gasteiger partial charge in [0.05, 0.1) is 7.11 Å². The second-order valence-electron chi connectivity index (χ2n) is 4.51. The predicted octanol–water partition coefficient (Wildman–Crippen LogP) is 4.27. The van der Waals surface area contributed by atoms with Gasteiger partial charge in [-0.3, -0.25) is 0 Å². The van der Waals surface area contributed by atoms with Crippen LogP contribution in [0.4, 0.5) is 13.2 Å². The maximum absolute atomic E-state index is 13.8. The first-order valence-corrected chi connectivity index (χ1v) is 6.81. The highest BCUT2D eigenvalue weighted by Gasteiger charge is 2.23. The molecule has 1 unspecified atom stereocenters. The Balaban J connectivity index is 2.57. The van der Waals surface area contributed by atoms with E-state index in [0.717, 1.165) is 17.7 Å². The molecule has 0 amide bonds. The second-order valence-corrected chi connectivity index (χ2v) is 5.36. The molecule has 1 atom stereocenters. The normalized spacial score (nSPS) is 12.3. The Bertz CT molecular complexity index is 689. The lowest BCUT2D eigenvalue weighted by molar-refractivity contribution is 0.207. The van der Waals surface area contributed by atoms with Crippen molar-refractivity contribution < 1.29 is 23.0 Å². The Labute approximate surface area is 128 Å². The summed E-state index contributed by atoms with van der Waals surface area (Å²) in [6, 6.07) is 4.98. The van der Waals surface area contributed by atoms with Crippen molar-refractivity contribution in [2.45, 2.75) is 13.0 Å². The summed E-state index contributed by atoms with van der Waals surface area (Å²) >= 11 is 3.30. The van der Waals surface area contributed by atoms with E-state index in [0.29, 0.717) is 10.2 Å². The SMILES string of the molecule is COc1cc(C)c(Br)cc1C(O)c1ccc(F)c(F)c1F. The molecule has 6 heteroatoms. The Hall–Kier alpha value is -1.53. The minimum Gasteiger partial charge on any atom is -0.496 e. The van der Waals surface area contributed by atoms with Gasteiger partial charge in [0.25, 0.3) is 0 Å². The molecule has 0 fully saturated rings. The number of aliphatic hydroxyl groups is 1. The van der Waals surface area contributed by atoms with Crippen LogP contribution in [0.5, 0.6) is 5.75 Å². The average molecular weight is 361 g/mol. The van der Waals surface area contributed by atoms with Gasteiger partial charge in [0, 0.05) is 15.6 Å². The van der Waals surface area contributed by atoms with Crippen molar-refractivity contribution in [1.82, 2.24) is 0 Å². The van der Waals surface area contributed by atoms with Crippen LogP contribution in [0.25, 0.3) is 0 Å². The van der Waals surface area contributed by atoms with E-state index in [1.54, 1.807) is 12.1 Å². The molecule has 0 heterocycles. The van der Waals surface area contributed by atoms with E-state index in [-0.39, 0.29) is 11.1 Å². The standard InChI is InChI=1S/C15H12BrF3O2/c1-7-5-12(21-2)9(6-10(7)16)15(20)8-3-4-11(17)14(19)13(8)18/h3-6,15,20H,1-2H3. The number of halogens is 4. The van der Waals surface area contributed by atoms with Gasteiger partial charge in [-0.2, -0.15) is 0 Å². The van der Waals surface area contributed by atoms with Gasteiger partial charge in [0.15, 0.2) is 17.5 Å².